The molecule has 0 radical (unpaired) electrons. The largest absolute Gasteiger partial charge is 0.361 e. The van der Waals surface area contributed by atoms with Crippen LogP contribution in [-0.4, -0.2) is 24.9 Å². The standard InChI is InChI=1S/C13H16N2O/c1-3-8-15(2)13-11(9-16)10-6-4-5-7-12(10)14-13/h4-7,9,14H,3,8H2,1-2H3. The quantitative estimate of drug-likeness (QED) is 0.798. The number of benzene rings is 1. The highest BCUT2D eigenvalue weighted by Crippen LogP contribution is 2.26. The highest BCUT2D eigenvalue weighted by molar-refractivity contribution is 6.03. The zero-order valence-electron chi connectivity index (χ0n) is 9.66. The van der Waals surface area contributed by atoms with E-state index in [2.05, 4.69) is 16.8 Å². The molecule has 1 heterocycles. The van der Waals surface area contributed by atoms with Crippen LogP contribution in [0.15, 0.2) is 24.3 Å². The van der Waals surface area contributed by atoms with Crippen LogP contribution in [0, 0.1) is 0 Å². The molecule has 1 aromatic carbocycles. The van der Waals surface area contributed by atoms with E-state index in [-0.39, 0.29) is 0 Å². The zero-order valence-corrected chi connectivity index (χ0v) is 9.66. The first kappa shape index (κ1) is 10.7. The number of nitrogens with zero attached hydrogens (tertiary/aromatic N) is 1. The first-order valence-corrected chi connectivity index (χ1v) is 5.55. The third kappa shape index (κ3) is 1.69. The average Bonchev–Trinajstić information content (AvgIpc) is 2.67. The molecule has 0 saturated carbocycles. The summed E-state index contributed by atoms with van der Waals surface area (Å²) in [5.74, 6) is 0.915. The fourth-order valence-corrected chi connectivity index (χ4v) is 2.02. The van der Waals surface area contributed by atoms with E-state index in [0.29, 0.717) is 0 Å². The first-order valence-electron chi connectivity index (χ1n) is 5.55. The van der Waals surface area contributed by atoms with Gasteiger partial charge in [-0.15, -0.1) is 0 Å². The molecule has 3 nitrogen and oxygen atoms in total. The second kappa shape index (κ2) is 4.39. The minimum absolute atomic E-state index is 0.756. The van der Waals surface area contributed by atoms with Crippen molar-refractivity contribution in [1.82, 2.24) is 4.98 Å². The van der Waals surface area contributed by atoms with Gasteiger partial charge in [-0.1, -0.05) is 25.1 Å². The van der Waals surface area contributed by atoms with Gasteiger partial charge in [0.25, 0.3) is 0 Å². The van der Waals surface area contributed by atoms with Crippen molar-refractivity contribution >= 4 is 23.0 Å². The summed E-state index contributed by atoms with van der Waals surface area (Å²) < 4.78 is 0. The Morgan fingerprint density at radius 3 is 2.81 bits per heavy atom. The van der Waals surface area contributed by atoms with Crippen LogP contribution >= 0.6 is 0 Å². The SMILES string of the molecule is CCCN(C)c1[nH]c2ccccc2c1C=O. The van der Waals surface area contributed by atoms with Gasteiger partial charge in [-0.25, -0.2) is 0 Å². The van der Waals surface area contributed by atoms with Crippen molar-refractivity contribution in [1.29, 1.82) is 0 Å². The summed E-state index contributed by atoms with van der Waals surface area (Å²) in [5.41, 5.74) is 1.77. The van der Waals surface area contributed by atoms with Gasteiger partial charge in [-0.3, -0.25) is 4.79 Å². The maximum absolute atomic E-state index is 11.2. The van der Waals surface area contributed by atoms with Crippen molar-refractivity contribution in [3.63, 3.8) is 0 Å². The molecule has 0 atom stereocenters. The molecule has 0 bridgehead atoms. The molecule has 2 aromatic rings. The number of H-pyrrole nitrogens is 1. The summed E-state index contributed by atoms with van der Waals surface area (Å²) in [6.07, 6.45) is 1.99. The highest BCUT2D eigenvalue weighted by atomic mass is 16.1. The van der Waals surface area contributed by atoms with Gasteiger partial charge in [0.15, 0.2) is 6.29 Å². The number of fused-ring (bicyclic) bond motifs is 1. The van der Waals surface area contributed by atoms with E-state index in [0.717, 1.165) is 41.5 Å². The van der Waals surface area contributed by atoms with E-state index in [1.54, 1.807) is 0 Å². The Labute approximate surface area is 95.1 Å². The molecule has 3 heteroatoms. The van der Waals surface area contributed by atoms with Gasteiger partial charge < -0.3 is 9.88 Å². The third-order valence-corrected chi connectivity index (χ3v) is 2.78. The van der Waals surface area contributed by atoms with E-state index in [4.69, 9.17) is 0 Å². The first-order chi connectivity index (χ1) is 7.77. The summed E-state index contributed by atoms with van der Waals surface area (Å²) >= 11 is 0. The Bertz CT molecular complexity index is 502. The molecular formula is C13H16N2O. The van der Waals surface area contributed by atoms with Crippen molar-refractivity contribution in [2.45, 2.75) is 13.3 Å². The fraction of sp³-hybridized carbons (Fsp3) is 0.308. The summed E-state index contributed by atoms with van der Waals surface area (Å²) in [7, 11) is 2.00. The number of carbonyl (C=O) groups excluding carboxylic acids is 1. The summed E-state index contributed by atoms with van der Waals surface area (Å²) in [6, 6.07) is 7.88. The van der Waals surface area contributed by atoms with Crippen LogP contribution in [0.4, 0.5) is 5.82 Å². The molecule has 0 amide bonds. The molecule has 1 aromatic heterocycles. The number of anilines is 1. The van der Waals surface area contributed by atoms with Gasteiger partial charge in [0.2, 0.25) is 0 Å². The number of aromatic nitrogens is 1. The zero-order chi connectivity index (χ0) is 11.5. The lowest BCUT2D eigenvalue weighted by Gasteiger charge is -2.16. The van der Waals surface area contributed by atoms with E-state index < -0.39 is 0 Å². The second-order valence-electron chi connectivity index (χ2n) is 3.97. The van der Waals surface area contributed by atoms with Crippen LogP contribution in [0.25, 0.3) is 10.9 Å². The van der Waals surface area contributed by atoms with Gasteiger partial charge >= 0.3 is 0 Å². The van der Waals surface area contributed by atoms with E-state index in [9.17, 15) is 4.79 Å². The summed E-state index contributed by atoms with van der Waals surface area (Å²) in [6.45, 7) is 3.06. The molecule has 0 aliphatic carbocycles. The van der Waals surface area contributed by atoms with Gasteiger partial charge in [0, 0.05) is 24.5 Å². The van der Waals surface area contributed by atoms with Crippen LogP contribution in [0.1, 0.15) is 23.7 Å². The Balaban J connectivity index is 2.56. The predicted molar refractivity (Wildman–Crippen MR) is 67.2 cm³/mol. The number of hydrogen-bond acceptors (Lipinski definition) is 2. The van der Waals surface area contributed by atoms with Crippen molar-refractivity contribution < 1.29 is 4.79 Å². The predicted octanol–water partition coefficient (Wildman–Crippen LogP) is 2.83. The molecule has 0 saturated heterocycles. The van der Waals surface area contributed by atoms with Crippen LogP contribution in [-0.2, 0) is 0 Å². The molecule has 16 heavy (non-hydrogen) atoms. The molecule has 0 spiro atoms. The monoisotopic (exact) mass is 216 g/mol. The van der Waals surface area contributed by atoms with Crippen molar-refractivity contribution in [3.8, 4) is 0 Å². The number of hydrogen-bond donors (Lipinski definition) is 1. The Kier molecular flexibility index (Phi) is 2.95. The van der Waals surface area contributed by atoms with Crippen LogP contribution < -0.4 is 4.90 Å². The van der Waals surface area contributed by atoms with Crippen molar-refractivity contribution in [2.75, 3.05) is 18.5 Å². The number of aromatic amines is 1. The van der Waals surface area contributed by atoms with Crippen LogP contribution in [0.5, 0.6) is 0 Å². The van der Waals surface area contributed by atoms with Crippen molar-refractivity contribution in [2.24, 2.45) is 0 Å². The lowest BCUT2D eigenvalue weighted by Crippen LogP contribution is -2.19. The maximum atomic E-state index is 11.2. The highest BCUT2D eigenvalue weighted by Gasteiger charge is 2.12. The normalized spacial score (nSPS) is 10.6. The molecule has 0 aliphatic heterocycles. The molecular weight excluding hydrogens is 200 g/mol. The third-order valence-electron chi connectivity index (χ3n) is 2.78. The van der Waals surface area contributed by atoms with Crippen molar-refractivity contribution in [3.05, 3.63) is 29.8 Å². The molecule has 84 valence electrons. The summed E-state index contributed by atoms with van der Waals surface area (Å²) in [5, 5.41) is 0.996. The molecule has 1 N–H and O–H groups in total. The van der Waals surface area contributed by atoms with E-state index in [1.165, 1.54) is 0 Å². The topological polar surface area (TPSA) is 36.1 Å². The second-order valence-corrected chi connectivity index (χ2v) is 3.97. The smallest absolute Gasteiger partial charge is 0.154 e. The van der Waals surface area contributed by atoms with Gasteiger partial charge in [0.1, 0.15) is 5.82 Å². The van der Waals surface area contributed by atoms with Crippen LogP contribution in [0.3, 0.4) is 0 Å². The minimum Gasteiger partial charge on any atom is -0.361 e. The number of para-hydroxylation sites is 1. The number of carbonyl (C=O) groups is 1. The van der Waals surface area contributed by atoms with Gasteiger partial charge in [0.05, 0.1) is 5.56 Å². The molecule has 0 fully saturated rings. The number of rotatable bonds is 4. The lowest BCUT2D eigenvalue weighted by atomic mass is 10.2. The summed E-state index contributed by atoms with van der Waals surface area (Å²) in [4.78, 5) is 16.5. The Morgan fingerprint density at radius 2 is 2.12 bits per heavy atom. The van der Waals surface area contributed by atoms with Gasteiger partial charge in [-0.2, -0.15) is 0 Å². The minimum atomic E-state index is 0.756. The molecule has 0 aliphatic rings. The maximum Gasteiger partial charge on any atom is 0.154 e. The molecule has 2 rings (SSSR count). The van der Waals surface area contributed by atoms with E-state index in [1.807, 2.05) is 31.3 Å². The average molecular weight is 216 g/mol. The van der Waals surface area contributed by atoms with Gasteiger partial charge in [-0.05, 0) is 12.5 Å². The lowest BCUT2D eigenvalue weighted by molar-refractivity contribution is 0.112. The van der Waals surface area contributed by atoms with E-state index >= 15 is 0 Å². The van der Waals surface area contributed by atoms with Crippen LogP contribution in [0.2, 0.25) is 0 Å². The number of aldehydes is 1. The Hall–Kier alpha value is -1.77. The molecule has 0 unspecified atom stereocenters. The Morgan fingerprint density at radius 1 is 1.38 bits per heavy atom. The number of nitrogens with one attached hydrogen (secondary N) is 1. The fourth-order valence-electron chi connectivity index (χ4n) is 2.02.